The Labute approximate surface area is 168 Å². The minimum absolute atomic E-state index is 0.0762. The minimum Gasteiger partial charge on any atom is -0.328 e. The summed E-state index contributed by atoms with van der Waals surface area (Å²) in [7, 11) is 0. The molecular formula is C22H21N5O2. The van der Waals surface area contributed by atoms with E-state index in [1.54, 1.807) is 42.5 Å². The number of hydrogen-bond acceptors (Lipinski definition) is 5. The zero-order chi connectivity index (χ0) is 20.2. The quantitative estimate of drug-likeness (QED) is 0.741. The summed E-state index contributed by atoms with van der Waals surface area (Å²) < 4.78 is 0. The van der Waals surface area contributed by atoms with Crippen molar-refractivity contribution in [2.24, 2.45) is 0 Å². The summed E-state index contributed by atoms with van der Waals surface area (Å²) in [6.07, 6.45) is 6.43. The maximum atomic E-state index is 12.9. The van der Waals surface area contributed by atoms with Gasteiger partial charge in [0.15, 0.2) is 5.82 Å². The zero-order valence-corrected chi connectivity index (χ0v) is 16.1. The van der Waals surface area contributed by atoms with E-state index in [1.165, 1.54) is 0 Å². The third-order valence-corrected chi connectivity index (χ3v) is 4.99. The number of pyridine rings is 1. The van der Waals surface area contributed by atoms with Crippen molar-refractivity contribution in [1.82, 2.24) is 19.9 Å². The first-order valence-corrected chi connectivity index (χ1v) is 9.54. The van der Waals surface area contributed by atoms with Crippen LogP contribution in [0.4, 0.5) is 5.69 Å². The van der Waals surface area contributed by atoms with Crippen LogP contribution in [-0.2, 0) is 0 Å². The topological polar surface area (TPSA) is 88.1 Å². The fraction of sp³-hybridized carbons (Fsp3) is 0.227. The third kappa shape index (κ3) is 3.99. The molecule has 0 spiro atoms. The first-order chi connectivity index (χ1) is 14.1. The van der Waals surface area contributed by atoms with Crippen LogP contribution in [-0.4, -0.2) is 38.2 Å². The molecule has 0 aliphatic carbocycles. The van der Waals surface area contributed by atoms with Gasteiger partial charge in [0, 0.05) is 30.8 Å². The van der Waals surface area contributed by atoms with Gasteiger partial charge in [-0.2, -0.15) is 0 Å². The smallest absolute Gasteiger partial charge is 0.259 e. The van der Waals surface area contributed by atoms with Crippen LogP contribution in [0.25, 0.3) is 0 Å². The molecule has 1 fully saturated rings. The van der Waals surface area contributed by atoms with E-state index < -0.39 is 0 Å². The highest BCUT2D eigenvalue weighted by atomic mass is 16.2. The Hall–Kier alpha value is -3.61. The molecule has 3 heterocycles. The normalized spacial score (nSPS) is 15.9. The lowest BCUT2D eigenvalue weighted by molar-refractivity contribution is 0.0728. The summed E-state index contributed by atoms with van der Waals surface area (Å²) in [5.41, 5.74) is 2.27. The van der Waals surface area contributed by atoms with Gasteiger partial charge in [-0.3, -0.25) is 14.6 Å². The fourth-order valence-electron chi connectivity index (χ4n) is 3.52. The Morgan fingerprint density at radius 3 is 2.66 bits per heavy atom. The number of anilines is 1. The van der Waals surface area contributed by atoms with E-state index in [0.717, 1.165) is 12.8 Å². The third-order valence-electron chi connectivity index (χ3n) is 4.99. The van der Waals surface area contributed by atoms with Crippen LogP contribution in [0.3, 0.4) is 0 Å². The van der Waals surface area contributed by atoms with Gasteiger partial charge in [-0.05, 0) is 44.0 Å². The molecule has 29 heavy (non-hydrogen) atoms. The van der Waals surface area contributed by atoms with Gasteiger partial charge >= 0.3 is 0 Å². The molecule has 3 aromatic rings. The number of rotatable bonds is 4. The molecule has 1 saturated heterocycles. The lowest BCUT2D eigenvalue weighted by Gasteiger charge is -2.24. The summed E-state index contributed by atoms with van der Waals surface area (Å²) in [6, 6.07) is 12.6. The van der Waals surface area contributed by atoms with Gasteiger partial charge in [0.25, 0.3) is 11.8 Å². The second-order valence-corrected chi connectivity index (χ2v) is 6.95. The van der Waals surface area contributed by atoms with Crippen molar-refractivity contribution in [2.75, 3.05) is 11.9 Å². The number of aromatic nitrogens is 3. The van der Waals surface area contributed by atoms with E-state index in [9.17, 15) is 9.59 Å². The van der Waals surface area contributed by atoms with E-state index in [-0.39, 0.29) is 17.9 Å². The first-order valence-electron chi connectivity index (χ1n) is 9.54. The van der Waals surface area contributed by atoms with Crippen LogP contribution >= 0.6 is 0 Å². The molecule has 7 heteroatoms. The van der Waals surface area contributed by atoms with Crippen molar-refractivity contribution in [3.8, 4) is 0 Å². The lowest BCUT2D eigenvalue weighted by atomic mass is 10.1. The summed E-state index contributed by atoms with van der Waals surface area (Å²) in [6.45, 7) is 2.43. The monoisotopic (exact) mass is 387 g/mol. The number of carbonyl (C=O) groups excluding carboxylic acids is 2. The molecule has 146 valence electrons. The number of amides is 2. The average molecular weight is 387 g/mol. The summed E-state index contributed by atoms with van der Waals surface area (Å²) in [5, 5.41) is 2.85. The zero-order valence-electron chi connectivity index (χ0n) is 16.1. The van der Waals surface area contributed by atoms with Gasteiger partial charge in [0.1, 0.15) is 0 Å². The van der Waals surface area contributed by atoms with Crippen LogP contribution in [0, 0.1) is 6.92 Å². The largest absolute Gasteiger partial charge is 0.328 e. The van der Waals surface area contributed by atoms with Gasteiger partial charge in [0.05, 0.1) is 22.9 Å². The number of nitrogens with one attached hydrogen (secondary N) is 1. The first kappa shape index (κ1) is 18.7. The van der Waals surface area contributed by atoms with Crippen LogP contribution in [0.1, 0.15) is 51.1 Å². The van der Waals surface area contributed by atoms with E-state index in [1.807, 2.05) is 30.3 Å². The summed E-state index contributed by atoms with van der Waals surface area (Å²) in [5.74, 6) is 0.233. The maximum Gasteiger partial charge on any atom is 0.259 e. The molecule has 1 N–H and O–H groups in total. The number of likely N-dealkylation sites (tertiary alicyclic amines) is 1. The van der Waals surface area contributed by atoms with Crippen molar-refractivity contribution in [2.45, 2.75) is 25.8 Å². The highest BCUT2D eigenvalue weighted by Gasteiger charge is 2.33. The molecule has 1 aromatic carbocycles. The fourth-order valence-corrected chi connectivity index (χ4v) is 3.52. The lowest BCUT2D eigenvalue weighted by Crippen LogP contribution is -2.31. The Morgan fingerprint density at radius 1 is 1.10 bits per heavy atom. The van der Waals surface area contributed by atoms with Gasteiger partial charge in [0.2, 0.25) is 0 Å². The van der Waals surface area contributed by atoms with Gasteiger partial charge in [-0.1, -0.05) is 18.2 Å². The van der Waals surface area contributed by atoms with Gasteiger partial charge in [-0.15, -0.1) is 0 Å². The Kier molecular flexibility index (Phi) is 5.29. The summed E-state index contributed by atoms with van der Waals surface area (Å²) in [4.78, 5) is 40.2. The van der Waals surface area contributed by atoms with Gasteiger partial charge < -0.3 is 10.2 Å². The molecule has 7 nitrogen and oxygen atoms in total. The molecule has 1 aliphatic heterocycles. The number of para-hydroxylation sites is 1. The number of benzene rings is 1. The predicted molar refractivity (Wildman–Crippen MR) is 108 cm³/mol. The van der Waals surface area contributed by atoms with Crippen LogP contribution in [0.15, 0.2) is 61.1 Å². The molecule has 1 atom stereocenters. The van der Waals surface area contributed by atoms with Crippen LogP contribution in [0.2, 0.25) is 0 Å². The van der Waals surface area contributed by atoms with E-state index in [0.29, 0.717) is 34.9 Å². The molecule has 0 saturated carbocycles. The Balaban J connectivity index is 1.54. The molecule has 2 aromatic heterocycles. The number of carbonyl (C=O) groups is 2. The van der Waals surface area contributed by atoms with Gasteiger partial charge in [-0.25, -0.2) is 9.97 Å². The van der Waals surface area contributed by atoms with Crippen LogP contribution < -0.4 is 5.32 Å². The highest BCUT2D eigenvalue weighted by Crippen LogP contribution is 2.31. The highest BCUT2D eigenvalue weighted by molar-refractivity contribution is 6.04. The molecule has 4 rings (SSSR count). The molecule has 2 amide bonds. The molecule has 0 radical (unpaired) electrons. The molecule has 0 bridgehead atoms. The Bertz CT molecular complexity index is 1020. The van der Waals surface area contributed by atoms with E-state index in [2.05, 4.69) is 20.3 Å². The average Bonchev–Trinajstić information content (AvgIpc) is 3.24. The predicted octanol–water partition coefficient (Wildman–Crippen LogP) is 3.41. The van der Waals surface area contributed by atoms with E-state index in [4.69, 9.17) is 0 Å². The summed E-state index contributed by atoms with van der Waals surface area (Å²) >= 11 is 0. The van der Waals surface area contributed by atoms with Crippen molar-refractivity contribution in [3.63, 3.8) is 0 Å². The second-order valence-electron chi connectivity index (χ2n) is 6.95. The maximum absolute atomic E-state index is 12.9. The van der Waals surface area contributed by atoms with Crippen molar-refractivity contribution in [3.05, 3.63) is 83.7 Å². The van der Waals surface area contributed by atoms with Crippen molar-refractivity contribution in [1.29, 1.82) is 0 Å². The minimum atomic E-state index is -0.255. The molecule has 0 unspecified atom stereocenters. The number of nitrogens with zero attached hydrogens (tertiary/aromatic N) is 4. The SMILES string of the molecule is Cc1nc([C@H]2CCCN2C(=O)c2cccnc2)ncc1C(=O)Nc1ccccc1. The Morgan fingerprint density at radius 2 is 1.93 bits per heavy atom. The molecule has 1 aliphatic rings. The van der Waals surface area contributed by atoms with Crippen LogP contribution in [0.5, 0.6) is 0 Å². The standard InChI is InChI=1S/C22H21N5O2/c1-15-18(21(28)26-17-8-3-2-4-9-17)14-24-20(25-15)19-10-6-12-27(19)22(29)16-7-5-11-23-13-16/h2-5,7-9,11,13-14,19H,6,10,12H2,1H3,(H,26,28)/t19-/m1/s1. The number of hydrogen-bond donors (Lipinski definition) is 1. The van der Waals surface area contributed by atoms with E-state index >= 15 is 0 Å². The second kappa shape index (κ2) is 8.18. The molecular weight excluding hydrogens is 366 g/mol. The van der Waals surface area contributed by atoms with Crippen molar-refractivity contribution >= 4 is 17.5 Å². The number of aryl methyl sites for hydroxylation is 1. The van der Waals surface area contributed by atoms with Crippen molar-refractivity contribution < 1.29 is 9.59 Å².